The molecule has 2 atom stereocenters. The molecule has 0 aromatic heterocycles. The van der Waals surface area contributed by atoms with E-state index in [0.29, 0.717) is 117 Å². The second kappa shape index (κ2) is 50.8. The first-order valence-corrected chi connectivity index (χ1v) is 28.9. The lowest BCUT2D eigenvalue weighted by Gasteiger charge is -2.28. The largest absolute Gasteiger partial charge is 0.356 e. The van der Waals surface area contributed by atoms with E-state index in [1.807, 2.05) is 9.80 Å². The van der Waals surface area contributed by atoms with Crippen molar-refractivity contribution in [3.05, 3.63) is 12.2 Å². The molecule has 0 bridgehead atoms. The fourth-order valence-corrected chi connectivity index (χ4v) is 8.85. The van der Waals surface area contributed by atoms with Crippen LogP contribution >= 0.6 is 0 Å². The topological polar surface area (TPSA) is 203 Å². The zero-order valence-electron chi connectivity index (χ0n) is 44.7. The summed E-state index contributed by atoms with van der Waals surface area (Å²) in [6.45, 7) is 8.51. The lowest BCUT2D eigenvalue weighted by molar-refractivity contribution is -0.134. The van der Waals surface area contributed by atoms with Crippen LogP contribution in [0, 0.1) is 0 Å². The highest BCUT2D eigenvalue weighted by atomic mass is 16.2. The van der Waals surface area contributed by atoms with Crippen molar-refractivity contribution < 1.29 is 19.2 Å². The molecule has 400 valence electrons. The summed E-state index contributed by atoms with van der Waals surface area (Å²) in [7, 11) is 0. The van der Waals surface area contributed by atoms with Crippen molar-refractivity contribution in [2.45, 2.75) is 270 Å². The van der Waals surface area contributed by atoms with Gasteiger partial charge in [0, 0.05) is 52.1 Å². The Morgan fingerprint density at radius 1 is 0.397 bits per heavy atom. The smallest absolute Gasteiger partial charge is 0.239 e. The van der Waals surface area contributed by atoms with Gasteiger partial charge in [0.1, 0.15) is 0 Å². The summed E-state index contributed by atoms with van der Waals surface area (Å²) in [5.41, 5.74) is 24.1. The number of carbonyl (C=O) groups excluding carboxylic acids is 4. The third kappa shape index (κ3) is 42.3. The van der Waals surface area contributed by atoms with Crippen LogP contribution < -0.4 is 33.6 Å². The van der Waals surface area contributed by atoms with Gasteiger partial charge >= 0.3 is 0 Å². The number of hydrogen-bond donors (Lipinski definition) is 6. The van der Waals surface area contributed by atoms with Gasteiger partial charge in [-0.2, -0.15) is 0 Å². The average Bonchev–Trinajstić information content (AvgIpc) is 3.34. The minimum absolute atomic E-state index is 0.0642. The Kier molecular flexibility index (Phi) is 48.9. The monoisotopic (exact) mass is 961 g/mol. The summed E-state index contributed by atoms with van der Waals surface area (Å²) in [6.07, 6.45) is 46.3. The highest BCUT2D eigenvalue weighted by Gasteiger charge is 2.23. The molecule has 0 saturated carbocycles. The van der Waals surface area contributed by atoms with Gasteiger partial charge in [0.2, 0.25) is 23.6 Å². The number of nitrogens with two attached hydrogens (primary N) is 4. The van der Waals surface area contributed by atoms with Gasteiger partial charge in [-0.25, -0.2) is 0 Å². The molecule has 0 aliphatic rings. The predicted molar refractivity (Wildman–Crippen MR) is 289 cm³/mol. The zero-order chi connectivity index (χ0) is 50.0. The molecule has 0 aliphatic carbocycles. The molecule has 0 radical (unpaired) electrons. The van der Waals surface area contributed by atoms with Crippen LogP contribution in [0.2, 0.25) is 0 Å². The summed E-state index contributed by atoms with van der Waals surface area (Å²) in [5.74, 6) is -0.0641. The van der Waals surface area contributed by atoms with Gasteiger partial charge in [-0.3, -0.25) is 19.2 Å². The van der Waals surface area contributed by atoms with Crippen molar-refractivity contribution in [2.24, 2.45) is 22.9 Å². The van der Waals surface area contributed by atoms with Crippen molar-refractivity contribution in [3.63, 3.8) is 0 Å². The first-order valence-electron chi connectivity index (χ1n) is 28.9. The molecule has 4 amide bonds. The summed E-state index contributed by atoms with van der Waals surface area (Å²) in [4.78, 5) is 55.7. The molecule has 0 spiro atoms. The SMILES string of the molecule is CCCCCCCC/C=C\CCCCCCCC(=O)NCCCN(CCCCN(CCCNC(=O)CCCCCCCCCCCCCCCCC)C(=O)[C@@H](N)CCCN)C(=O)[C@@H](N)CCCN. The van der Waals surface area contributed by atoms with E-state index in [-0.39, 0.29) is 23.6 Å². The molecule has 0 aromatic rings. The van der Waals surface area contributed by atoms with Crippen LogP contribution in [0.1, 0.15) is 258 Å². The molecule has 10 N–H and O–H groups in total. The molecular formula is C56H112N8O4. The number of hydrogen-bond acceptors (Lipinski definition) is 8. The van der Waals surface area contributed by atoms with Crippen LogP contribution in [0.3, 0.4) is 0 Å². The molecule has 0 fully saturated rings. The standard InChI is InChI=1S/C56H112N8O4/c1-3-5-7-9-11-13-15-17-19-21-23-25-27-29-31-41-53(65)61-45-37-49-63(55(67)51(59)39-35-43-57)47-33-34-48-64(56(68)52(60)40-36-44-58)50-38-46-62-54(66)42-32-30-28-26-24-22-20-18-16-14-12-10-8-6-4-2/h17,19,51-52H,3-16,18,20-50,57-60H2,1-2H3,(H,61,65)(H,62,66)/b19-17-/t51-,52-/m0/s1. The Hall–Kier alpha value is -2.54. The summed E-state index contributed by atoms with van der Waals surface area (Å²) >= 11 is 0. The van der Waals surface area contributed by atoms with Gasteiger partial charge in [0.25, 0.3) is 0 Å². The van der Waals surface area contributed by atoms with Gasteiger partial charge in [-0.1, -0.05) is 167 Å². The van der Waals surface area contributed by atoms with E-state index in [4.69, 9.17) is 22.9 Å². The van der Waals surface area contributed by atoms with Gasteiger partial charge < -0.3 is 43.4 Å². The van der Waals surface area contributed by atoms with Gasteiger partial charge in [0.05, 0.1) is 12.1 Å². The second-order valence-electron chi connectivity index (χ2n) is 19.9. The molecule has 0 rings (SSSR count). The third-order valence-electron chi connectivity index (χ3n) is 13.3. The fraction of sp³-hybridized carbons (Fsp3) is 0.893. The highest BCUT2D eigenvalue weighted by Crippen LogP contribution is 2.15. The number of rotatable bonds is 52. The van der Waals surface area contributed by atoms with Crippen molar-refractivity contribution >= 4 is 23.6 Å². The maximum absolute atomic E-state index is 13.4. The quantitative estimate of drug-likeness (QED) is 0.0255. The van der Waals surface area contributed by atoms with Crippen LogP contribution in [0.4, 0.5) is 0 Å². The molecule has 12 nitrogen and oxygen atoms in total. The Morgan fingerprint density at radius 3 is 1.01 bits per heavy atom. The van der Waals surface area contributed by atoms with Gasteiger partial charge in [-0.15, -0.1) is 0 Å². The summed E-state index contributed by atoms with van der Waals surface area (Å²) in [6, 6.07) is -1.24. The van der Waals surface area contributed by atoms with Crippen LogP contribution in [-0.2, 0) is 19.2 Å². The molecule has 0 heterocycles. The van der Waals surface area contributed by atoms with Crippen LogP contribution in [0.15, 0.2) is 12.2 Å². The Bertz CT molecular complexity index is 1190. The van der Waals surface area contributed by atoms with E-state index in [1.54, 1.807) is 0 Å². The minimum Gasteiger partial charge on any atom is -0.356 e. The second-order valence-corrected chi connectivity index (χ2v) is 19.9. The zero-order valence-corrected chi connectivity index (χ0v) is 44.7. The number of unbranched alkanes of at least 4 members (excludes halogenated alkanes) is 26. The van der Waals surface area contributed by atoms with E-state index in [0.717, 1.165) is 38.5 Å². The lowest BCUT2D eigenvalue weighted by atomic mass is 10.0. The van der Waals surface area contributed by atoms with Crippen molar-refractivity contribution in [1.82, 2.24) is 20.4 Å². The lowest BCUT2D eigenvalue weighted by Crippen LogP contribution is -2.46. The Labute approximate surface area is 419 Å². The maximum atomic E-state index is 13.4. The first kappa shape index (κ1) is 65.5. The number of carbonyl (C=O) groups is 4. The molecule has 0 aromatic carbocycles. The van der Waals surface area contributed by atoms with Gasteiger partial charge in [0.15, 0.2) is 0 Å². The molecule has 68 heavy (non-hydrogen) atoms. The molecule has 0 aliphatic heterocycles. The van der Waals surface area contributed by atoms with Crippen LogP contribution in [-0.4, -0.2) is 97.9 Å². The first-order chi connectivity index (χ1) is 33.2. The highest BCUT2D eigenvalue weighted by molar-refractivity contribution is 5.82. The average molecular weight is 962 g/mol. The molecule has 12 heteroatoms. The number of amides is 4. The third-order valence-corrected chi connectivity index (χ3v) is 13.3. The maximum Gasteiger partial charge on any atom is 0.239 e. The fourth-order valence-electron chi connectivity index (χ4n) is 8.85. The van der Waals surface area contributed by atoms with Crippen LogP contribution in [0.25, 0.3) is 0 Å². The Balaban J connectivity index is 4.60. The van der Waals surface area contributed by atoms with Crippen molar-refractivity contribution in [2.75, 3.05) is 52.4 Å². The normalized spacial score (nSPS) is 12.4. The number of nitrogens with zero attached hydrogens (tertiary/aromatic N) is 2. The number of nitrogens with one attached hydrogen (secondary N) is 2. The number of allylic oxidation sites excluding steroid dienone is 2. The van der Waals surface area contributed by atoms with Crippen molar-refractivity contribution in [1.29, 1.82) is 0 Å². The van der Waals surface area contributed by atoms with E-state index in [9.17, 15) is 19.2 Å². The van der Waals surface area contributed by atoms with Gasteiger partial charge in [-0.05, 0) is 103 Å². The summed E-state index contributed by atoms with van der Waals surface area (Å²) < 4.78 is 0. The molecule has 0 saturated heterocycles. The Morgan fingerprint density at radius 2 is 0.691 bits per heavy atom. The van der Waals surface area contributed by atoms with E-state index in [2.05, 4.69) is 36.6 Å². The van der Waals surface area contributed by atoms with E-state index in [1.165, 1.54) is 141 Å². The minimum atomic E-state index is -0.623. The molecular weight excluding hydrogens is 849 g/mol. The van der Waals surface area contributed by atoms with Crippen molar-refractivity contribution in [3.8, 4) is 0 Å². The van der Waals surface area contributed by atoms with E-state index >= 15 is 0 Å². The summed E-state index contributed by atoms with van der Waals surface area (Å²) in [5, 5.41) is 6.10. The van der Waals surface area contributed by atoms with Crippen LogP contribution in [0.5, 0.6) is 0 Å². The van der Waals surface area contributed by atoms with E-state index < -0.39 is 12.1 Å². The predicted octanol–water partition coefficient (Wildman–Crippen LogP) is 10.9. The molecule has 0 unspecified atom stereocenters.